The number of phenols is 1. The molecule has 1 fully saturated rings. The van der Waals surface area contributed by atoms with Crippen LogP contribution in [0.3, 0.4) is 0 Å². The third kappa shape index (κ3) is 5.16. The standard InChI is InChI=1S/C25H28N4O4/c1-15(2)24(31)27-18-8-11-23(30)20(12-18)21-13-22(17-6-7-17)29(28-21)25(32)26-14-16-4-9-19(33-3)10-5-16/h4-5,8-13,15,17,30H,6-7,14H2,1-3H3,(H,26,32)(H,27,31). The van der Waals surface area contributed by atoms with E-state index in [4.69, 9.17) is 4.74 Å². The Hall–Kier alpha value is -3.81. The average molecular weight is 449 g/mol. The summed E-state index contributed by atoms with van der Waals surface area (Å²) in [6.45, 7) is 3.97. The fourth-order valence-electron chi connectivity index (χ4n) is 3.46. The number of hydrogen-bond donors (Lipinski definition) is 3. The van der Waals surface area contributed by atoms with Crippen LogP contribution in [0.4, 0.5) is 10.5 Å². The average Bonchev–Trinajstić information content (AvgIpc) is 3.57. The maximum absolute atomic E-state index is 13.0. The third-order valence-corrected chi connectivity index (χ3v) is 5.59. The molecule has 33 heavy (non-hydrogen) atoms. The maximum Gasteiger partial charge on any atom is 0.342 e. The number of nitrogens with one attached hydrogen (secondary N) is 2. The molecule has 8 nitrogen and oxygen atoms in total. The van der Waals surface area contributed by atoms with Crippen LogP contribution in [0.15, 0.2) is 48.5 Å². The van der Waals surface area contributed by atoms with Crippen LogP contribution in [0, 0.1) is 5.92 Å². The van der Waals surface area contributed by atoms with Crippen LogP contribution < -0.4 is 15.4 Å². The van der Waals surface area contributed by atoms with Gasteiger partial charge in [0, 0.05) is 29.6 Å². The summed E-state index contributed by atoms with van der Waals surface area (Å²) < 4.78 is 6.55. The highest BCUT2D eigenvalue weighted by Crippen LogP contribution is 2.42. The number of benzene rings is 2. The number of ether oxygens (including phenoxy) is 1. The summed E-state index contributed by atoms with van der Waals surface area (Å²) in [7, 11) is 1.61. The molecule has 0 bridgehead atoms. The lowest BCUT2D eigenvalue weighted by Gasteiger charge is -2.10. The van der Waals surface area contributed by atoms with E-state index in [-0.39, 0.29) is 29.5 Å². The summed E-state index contributed by atoms with van der Waals surface area (Å²) >= 11 is 0. The van der Waals surface area contributed by atoms with Gasteiger partial charge in [0.25, 0.3) is 0 Å². The number of nitrogens with zero attached hydrogens (tertiary/aromatic N) is 2. The number of methoxy groups -OCH3 is 1. The zero-order valence-corrected chi connectivity index (χ0v) is 19.0. The Labute approximate surface area is 192 Å². The first kappa shape index (κ1) is 22.4. The Bertz CT molecular complexity index is 1160. The Morgan fingerprint density at radius 2 is 1.88 bits per heavy atom. The highest BCUT2D eigenvalue weighted by Gasteiger charge is 2.30. The highest BCUT2D eigenvalue weighted by atomic mass is 16.5. The van der Waals surface area contributed by atoms with E-state index in [9.17, 15) is 14.7 Å². The largest absolute Gasteiger partial charge is 0.507 e. The summed E-state index contributed by atoms with van der Waals surface area (Å²) in [5.74, 6) is 0.766. The molecular formula is C25H28N4O4. The van der Waals surface area contributed by atoms with E-state index >= 15 is 0 Å². The lowest BCUT2D eigenvalue weighted by atomic mass is 10.1. The van der Waals surface area contributed by atoms with Gasteiger partial charge in [-0.3, -0.25) is 4.79 Å². The van der Waals surface area contributed by atoms with Gasteiger partial charge in [0.2, 0.25) is 5.91 Å². The predicted molar refractivity (Wildman–Crippen MR) is 125 cm³/mol. The Morgan fingerprint density at radius 1 is 1.15 bits per heavy atom. The van der Waals surface area contributed by atoms with E-state index in [1.54, 1.807) is 19.2 Å². The molecule has 8 heteroatoms. The molecule has 1 aliphatic carbocycles. The van der Waals surface area contributed by atoms with E-state index < -0.39 is 0 Å². The molecule has 1 heterocycles. The second-order valence-electron chi connectivity index (χ2n) is 8.52. The van der Waals surface area contributed by atoms with Crippen LogP contribution in [-0.2, 0) is 11.3 Å². The lowest BCUT2D eigenvalue weighted by molar-refractivity contribution is -0.118. The first-order valence-electron chi connectivity index (χ1n) is 11.0. The minimum Gasteiger partial charge on any atom is -0.507 e. The van der Waals surface area contributed by atoms with Crippen molar-refractivity contribution in [2.24, 2.45) is 5.92 Å². The first-order valence-corrected chi connectivity index (χ1v) is 11.0. The van der Waals surface area contributed by atoms with Crippen LogP contribution in [0.1, 0.15) is 43.9 Å². The van der Waals surface area contributed by atoms with Gasteiger partial charge in [-0.15, -0.1) is 0 Å². The van der Waals surface area contributed by atoms with Gasteiger partial charge in [0.05, 0.1) is 18.5 Å². The molecular weight excluding hydrogens is 420 g/mol. The van der Waals surface area contributed by atoms with Crippen molar-refractivity contribution in [1.29, 1.82) is 0 Å². The molecule has 0 saturated heterocycles. The summed E-state index contributed by atoms with van der Waals surface area (Å²) in [6.07, 6.45) is 1.99. The van der Waals surface area contributed by atoms with Gasteiger partial charge >= 0.3 is 6.03 Å². The fraction of sp³-hybridized carbons (Fsp3) is 0.320. The van der Waals surface area contributed by atoms with Crippen LogP contribution >= 0.6 is 0 Å². The molecule has 3 N–H and O–H groups in total. The van der Waals surface area contributed by atoms with Gasteiger partial charge in [-0.05, 0) is 54.8 Å². The van der Waals surface area contributed by atoms with Crippen LogP contribution in [0.2, 0.25) is 0 Å². The molecule has 0 spiro atoms. The van der Waals surface area contributed by atoms with Crippen molar-refractivity contribution >= 4 is 17.6 Å². The van der Waals surface area contributed by atoms with E-state index in [0.29, 0.717) is 23.5 Å². The zero-order valence-electron chi connectivity index (χ0n) is 19.0. The van der Waals surface area contributed by atoms with Crippen LogP contribution in [0.5, 0.6) is 11.5 Å². The zero-order chi connectivity index (χ0) is 23.5. The van der Waals surface area contributed by atoms with E-state index in [0.717, 1.165) is 29.8 Å². The van der Waals surface area contributed by atoms with Crippen molar-refractivity contribution < 1.29 is 19.4 Å². The third-order valence-electron chi connectivity index (χ3n) is 5.59. The minimum atomic E-state index is -0.331. The molecule has 2 amide bonds. The van der Waals surface area contributed by atoms with Gasteiger partial charge in [-0.1, -0.05) is 26.0 Å². The molecule has 1 aliphatic rings. The van der Waals surface area contributed by atoms with Gasteiger partial charge in [0.1, 0.15) is 11.5 Å². The molecule has 3 aromatic rings. The topological polar surface area (TPSA) is 105 Å². The molecule has 0 atom stereocenters. The quantitative estimate of drug-likeness (QED) is 0.462. The lowest BCUT2D eigenvalue weighted by Crippen LogP contribution is -2.30. The number of hydrogen-bond acceptors (Lipinski definition) is 5. The number of aromatic nitrogens is 2. The minimum absolute atomic E-state index is 0.0307. The number of rotatable bonds is 7. The number of anilines is 1. The van der Waals surface area contributed by atoms with E-state index in [1.165, 1.54) is 10.7 Å². The molecule has 2 aromatic carbocycles. The normalized spacial score (nSPS) is 13.1. The van der Waals surface area contributed by atoms with Crippen molar-refractivity contribution in [2.75, 3.05) is 12.4 Å². The summed E-state index contributed by atoms with van der Waals surface area (Å²) in [5, 5.41) is 20.7. The van der Waals surface area contributed by atoms with Crippen molar-refractivity contribution in [3.63, 3.8) is 0 Å². The SMILES string of the molecule is COc1ccc(CNC(=O)n2nc(-c3cc(NC(=O)C(C)C)ccc3O)cc2C2CC2)cc1. The number of phenolic OH excluding ortho intramolecular Hbond substituents is 1. The maximum atomic E-state index is 13.0. The van der Waals surface area contributed by atoms with Crippen LogP contribution in [0.25, 0.3) is 11.3 Å². The van der Waals surface area contributed by atoms with Gasteiger partial charge in [-0.25, -0.2) is 4.79 Å². The van der Waals surface area contributed by atoms with Crippen LogP contribution in [-0.4, -0.2) is 33.9 Å². The Balaban J connectivity index is 1.56. The number of aromatic hydroxyl groups is 1. The highest BCUT2D eigenvalue weighted by molar-refractivity contribution is 5.93. The van der Waals surface area contributed by atoms with E-state index in [2.05, 4.69) is 15.7 Å². The molecule has 172 valence electrons. The molecule has 0 aliphatic heterocycles. The second kappa shape index (κ2) is 9.36. The van der Waals surface area contributed by atoms with Gasteiger partial charge in [0.15, 0.2) is 0 Å². The molecule has 1 saturated carbocycles. The smallest absolute Gasteiger partial charge is 0.342 e. The van der Waals surface area contributed by atoms with Crippen molar-refractivity contribution in [3.8, 4) is 22.8 Å². The molecule has 1 aromatic heterocycles. The predicted octanol–water partition coefficient (Wildman–Crippen LogP) is 4.49. The summed E-state index contributed by atoms with van der Waals surface area (Å²) in [4.78, 5) is 25.0. The van der Waals surface area contributed by atoms with E-state index in [1.807, 2.05) is 44.2 Å². The molecule has 0 radical (unpaired) electrons. The van der Waals surface area contributed by atoms with Crippen molar-refractivity contribution in [1.82, 2.24) is 15.1 Å². The van der Waals surface area contributed by atoms with Gasteiger partial charge in [-0.2, -0.15) is 9.78 Å². The van der Waals surface area contributed by atoms with Crippen molar-refractivity contribution in [3.05, 3.63) is 59.8 Å². The van der Waals surface area contributed by atoms with Gasteiger partial charge < -0.3 is 20.5 Å². The first-order chi connectivity index (χ1) is 15.9. The monoisotopic (exact) mass is 448 g/mol. The fourth-order valence-corrected chi connectivity index (χ4v) is 3.46. The Kier molecular flexibility index (Phi) is 6.35. The Morgan fingerprint density at radius 3 is 2.52 bits per heavy atom. The van der Waals surface area contributed by atoms with Crippen molar-refractivity contribution in [2.45, 2.75) is 39.2 Å². The number of carbonyl (C=O) groups excluding carboxylic acids is 2. The molecule has 4 rings (SSSR count). The number of carbonyl (C=O) groups is 2. The molecule has 0 unspecified atom stereocenters. The summed E-state index contributed by atoms with van der Waals surface area (Å²) in [6, 6.07) is 13.8. The number of amides is 2. The second-order valence-corrected chi connectivity index (χ2v) is 8.52. The summed E-state index contributed by atoms with van der Waals surface area (Å²) in [5.41, 5.74) is 3.26.